The molecule has 0 bridgehead atoms. The highest BCUT2D eigenvalue weighted by Crippen LogP contribution is 2.17. The third-order valence-electron chi connectivity index (χ3n) is 3.14. The molecule has 0 aliphatic heterocycles. The number of hydrogen-bond donors (Lipinski definition) is 1. The Kier molecular flexibility index (Phi) is 6.52. The van der Waals surface area contributed by atoms with Gasteiger partial charge in [-0.25, -0.2) is 4.98 Å². The smallest absolute Gasteiger partial charge is 0.244 e. The van der Waals surface area contributed by atoms with Gasteiger partial charge in [-0.05, 0) is 37.6 Å². The van der Waals surface area contributed by atoms with Crippen molar-refractivity contribution in [1.29, 1.82) is 5.26 Å². The second-order valence-electron chi connectivity index (χ2n) is 5.33. The van der Waals surface area contributed by atoms with Crippen molar-refractivity contribution in [1.82, 2.24) is 10.3 Å². The second-order valence-corrected chi connectivity index (χ2v) is 6.39. The van der Waals surface area contributed by atoms with E-state index in [4.69, 9.17) is 10.00 Å². The minimum absolute atomic E-state index is 0.201. The zero-order valence-corrected chi connectivity index (χ0v) is 14.5. The lowest BCUT2D eigenvalue weighted by Crippen LogP contribution is -2.25. The molecule has 1 N–H and O–H groups in total. The highest BCUT2D eigenvalue weighted by Gasteiger charge is 2.02. The fourth-order valence-electron chi connectivity index (χ4n) is 1.87. The second kappa shape index (κ2) is 8.85. The van der Waals surface area contributed by atoms with Gasteiger partial charge in [0.15, 0.2) is 0 Å². The Hall–Kier alpha value is -2.65. The Morgan fingerprint density at radius 3 is 3.08 bits per heavy atom. The fraction of sp³-hybridized carbons (Fsp3) is 0.278. The monoisotopic (exact) mass is 341 g/mol. The number of nitriles is 1. The van der Waals surface area contributed by atoms with Crippen LogP contribution in [0.3, 0.4) is 0 Å². The van der Waals surface area contributed by atoms with Crippen LogP contribution in [-0.4, -0.2) is 17.4 Å². The van der Waals surface area contributed by atoms with Gasteiger partial charge in [0, 0.05) is 18.0 Å². The normalized spacial score (nSPS) is 11.9. The molecule has 1 aromatic carbocycles. The number of carbonyl (C=O) groups is 1. The van der Waals surface area contributed by atoms with E-state index in [-0.39, 0.29) is 11.8 Å². The summed E-state index contributed by atoms with van der Waals surface area (Å²) >= 11 is 1.60. The fourth-order valence-corrected chi connectivity index (χ4v) is 2.47. The van der Waals surface area contributed by atoms with Crippen LogP contribution in [0, 0.1) is 24.2 Å². The molecule has 0 aliphatic rings. The number of hydrogen-bond acceptors (Lipinski definition) is 5. The zero-order chi connectivity index (χ0) is 17.4. The largest absolute Gasteiger partial charge is 0.487 e. The number of thiazole rings is 1. The van der Waals surface area contributed by atoms with Gasteiger partial charge < -0.3 is 10.1 Å². The number of benzene rings is 1. The lowest BCUT2D eigenvalue weighted by atomic mass is 10.2. The summed E-state index contributed by atoms with van der Waals surface area (Å²) in [5, 5.41) is 14.4. The first-order valence-electron chi connectivity index (χ1n) is 7.56. The van der Waals surface area contributed by atoms with Crippen molar-refractivity contribution in [3.8, 4) is 11.8 Å². The van der Waals surface area contributed by atoms with Crippen LogP contribution in [0.5, 0.6) is 5.75 Å². The van der Waals surface area contributed by atoms with Gasteiger partial charge in [-0.2, -0.15) is 5.26 Å². The van der Waals surface area contributed by atoms with Crippen LogP contribution in [0.25, 0.3) is 6.08 Å². The highest BCUT2D eigenvalue weighted by molar-refractivity contribution is 7.09. The third-order valence-corrected chi connectivity index (χ3v) is 3.96. The van der Waals surface area contributed by atoms with Crippen molar-refractivity contribution in [2.24, 2.45) is 5.92 Å². The van der Waals surface area contributed by atoms with E-state index >= 15 is 0 Å². The summed E-state index contributed by atoms with van der Waals surface area (Å²) in [6.45, 7) is 4.48. The Bertz CT molecular complexity index is 762. The minimum atomic E-state index is -0.221. The summed E-state index contributed by atoms with van der Waals surface area (Å²) in [6, 6.07) is 9.56. The van der Waals surface area contributed by atoms with Crippen LogP contribution in [0.4, 0.5) is 0 Å². The molecule has 1 atom stereocenters. The van der Waals surface area contributed by atoms with Gasteiger partial charge in [-0.1, -0.05) is 12.1 Å². The Labute approximate surface area is 145 Å². The SMILES string of the molecule is Cc1nc(COc2cccc(C=CC(=O)NCC(C)C#N)c2)cs1. The van der Waals surface area contributed by atoms with Gasteiger partial charge in [0.2, 0.25) is 5.91 Å². The molecule has 0 aliphatic carbocycles. The van der Waals surface area contributed by atoms with Crippen LogP contribution < -0.4 is 10.1 Å². The molecule has 0 spiro atoms. The van der Waals surface area contributed by atoms with Gasteiger partial charge >= 0.3 is 0 Å². The molecule has 5 nitrogen and oxygen atoms in total. The number of ether oxygens (including phenoxy) is 1. The minimum Gasteiger partial charge on any atom is -0.487 e. The summed E-state index contributed by atoms with van der Waals surface area (Å²) in [7, 11) is 0. The van der Waals surface area contributed by atoms with Crippen molar-refractivity contribution in [2.75, 3.05) is 6.54 Å². The molecule has 6 heteroatoms. The van der Waals surface area contributed by atoms with Gasteiger partial charge in [-0.15, -0.1) is 11.3 Å². The van der Waals surface area contributed by atoms with Crippen LogP contribution in [0.15, 0.2) is 35.7 Å². The molecule has 2 aromatic rings. The van der Waals surface area contributed by atoms with Crippen LogP contribution in [0.1, 0.15) is 23.2 Å². The molecule has 0 saturated carbocycles. The first-order valence-corrected chi connectivity index (χ1v) is 8.44. The first kappa shape index (κ1) is 17.7. The number of aromatic nitrogens is 1. The van der Waals surface area contributed by atoms with Gasteiger partial charge in [0.25, 0.3) is 0 Å². The van der Waals surface area contributed by atoms with Crippen LogP contribution in [-0.2, 0) is 11.4 Å². The number of nitrogens with zero attached hydrogens (tertiary/aromatic N) is 2. The summed E-state index contributed by atoms with van der Waals surface area (Å²) in [4.78, 5) is 16.0. The van der Waals surface area contributed by atoms with Crippen molar-refractivity contribution < 1.29 is 9.53 Å². The van der Waals surface area contributed by atoms with Crippen LogP contribution >= 0.6 is 11.3 Å². The molecule has 124 valence electrons. The summed E-state index contributed by atoms with van der Waals surface area (Å²) in [5.74, 6) is 0.302. The molecule has 1 amide bonds. The van der Waals surface area contributed by atoms with E-state index in [0.717, 1.165) is 22.0 Å². The third kappa shape index (κ3) is 5.86. The number of carbonyl (C=O) groups excluding carboxylic acids is 1. The first-order chi connectivity index (χ1) is 11.6. The van der Waals surface area contributed by atoms with Crippen molar-refractivity contribution in [2.45, 2.75) is 20.5 Å². The molecular weight excluding hydrogens is 322 g/mol. The molecule has 1 aromatic heterocycles. The molecule has 0 fully saturated rings. The predicted molar refractivity (Wildman–Crippen MR) is 94.4 cm³/mol. The standard InChI is InChI=1S/C18H19N3O2S/c1-13(9-19)10-20-18(22)7-6-15-4-3-5-17(8-15)23-11-16-12-24-14(2)21-16/h3-8,12-13H,10-11H2,1-2H3,(H,20,22). The van der Waals surface area contributed by atoms with Crippen molar-refractivity contribution in [3.05, 3.63) is 52.0 Å². The van der Waals surface area contributed by atoms with Gasteiger partial charge in [0.05, 0.1) is 22.7 Å². The van der Waals surface area contributed by atoms with E-state index < -0.39 is 0 Å². The number of nitrogens with one attached hydrogen (secondary N) is 1. The molecule has 0 saturated heterocycles. The lowest BCUT2D eigenvalue weighted by Gasteiger charge is -2.05. The quantitative estimate of drug-likeness (QED) is 0.784. The van der Waals surface area contributed by atoms with E-state index in [1.807, 2.05) is 36.6 Å². The average Bonchev–Trinajstić information content (AvgIpc) is 3.01. The highest BCUT2D eigenvalue weighted by atomic mass is 32.1. The Morgan fingerprint density at radius 2 is 2.38 bits per heavy atom. The van der Waals surface area contributed by atoms with Gasteiger partial charge in [0.1, 0.15) is 12.4 Å². The van der Waals surface area contributed by atoms with Crippen molar-refractivity contribution in [3.63, 3.8) is 0 Å². The topological polar surface area (TPSA) is 75.0 Å². The predicted octanol–water partition coefficient (Wildman–Crippen LogP) is 3.32. The van der Waals surface area contributed by atoms with E-state index in [0.29, 0.717) is 13.2 Å². The average molecular weight is 341 g/mol. The molecular formula is C18H19N3O2S. The van der Waals surface area contributed by atoms with E-state index in [2.05, 4.69) is 16.4 Å². The van der Waals surface area contributed by atoms with Crippen LogP contribution in [0.2, 0.25) is 0 Å². The zero-order valence-electron chi connectivity index (χ0n) is 13.7. The van der Waals surface area contributed by atoms with E-state index in [9.17, 15) is 4.79 Å². The van der Waals surface area contributed by atoms with E-state index in [1.165, 1.54) is 6.08 Å². The Morgan fingerprint density at radius 1 is 1.54 bits per heavy atom. The summed E-state index contributed by atoms with van der Waals surface area (Å²) < 4.78 is 5.72. The molecule has 24 heavy (non-hydrogen) atoms. The molecule has 0 radical (unpaired) electrons. The number of amides is 1. The van der Waals surface area contributed by atoms with Gasteiger partial charge in [-0.3, -0.25) is 4.79 Å². The maximum Gasteiger partial charge on any atom is 0.244 e. The lowest BCUT2D eigenvalue weighted by molar-refractivity contribution is -0.116. The number of rotatable bonds is 7. The maximum atomic E-state index is 11.7. The van der Waals surface area contributed by atoms with E-state index in [1.54, 1.807) is 24.3 Å². The summed E-state index contributed by atoms with van der Waals surface area (Å²) in [5.41, 5.74) is 1.77. The Balaban J connectivity index is 1.88. The summed E-state index contributed by atoms with van der Waals surface area (Å²) in [6.07, 6.45) is 3.17. The molecule has 1 heterocycles. The maximum absolute atomic E-state index is 11.7. The molecule has 2 rings (SSSR count). The number of aryl methyl sites for hydroxylation is 1. The molecule has 1 unspecified atom stereocenters. The van der Waals surface area contributed by atoms with Crippen molar-refractivity contribution >= 4 is 23.3 Å².